The second kappa shape index (κ2) is 7.18. The van der Waals surface area contributed by atoms with E-state index < -0.39 is 15.8 Å². The highest BCUT2D eigenvalue weighted by Crippen LogP contribution is 2.31. The van der Waals surface area contributed by atoms with E-state index in [2.05, 4.69) is 0 Å². The Morgan fingerprint density at radius 2 is 1.54 bits per heavy atom. The monoisotopic (exact) mass is 332 g/mol. The number of benzene rings is 2. The van der Waals surface area contributed by atoms with Crippen molar-refractivity contribution in [1.29, 1.82) is 0 Å². The van der Waals surface area contributed by atoms with E-state index in [0.29, 0.717) is 5.56 Å². The molecule has 24 heavy (non-hydrogen) atoms. The maximum absolute atomic E-state index is 11.9. The molecule has 0 heterocycles. The minimum absolute atomic E-state index is 0.0509. The number of nitrogens with zero attached hydrogens (tertiary/aromatic N) is 2. The van der Waals surface area contributed by atoms with Crippen LogP contribution in [0, 0.1) is 20.2 Å². The number of methoxy groups -OCH3 is 1. The summed E-state index contributed by atoms with van der Waals surface area (Å²) < 4.78 is 10.1. The molecule has 0 aliphatic carbocycles. The molecule has 0 fully saturated rings. The minimum atomic E-state index is -0.629. The molecule has 0 aliphatic rings. The quantitative estimate of drug-likeness (QED) is 0.345. The third-order valence-corrected chi connectivity index (χ3v) is 3.08. The number of ether oxygens (including phenoxy) is 2. The van der Waals surface area contributed by atoms with Crippen molar-refractivity contribution in [1.82, 2.24) is 0 Å². The summed E-state index contributed by atoms with van der Waals surface area (Å²) in [5.74, 6) is -0.521. The van der Waals surface area contributed by atoms with E-state index in [1.807, 2.05) is 0 Å². The van der Waals surface area contributed by atoms with Crippen molar-refractivity contribution in [2.24, 2.45) is 0 Å². The van der Waals surface area contributed by atoms with Crippen LogP contribution in [0.15, 0.2) is 42.5 Å². The Labute approximate surface area is 135 Å². The Morgan fingerprint density at radius 1 is 0.958 bits per heavy atom. The average molecular weight is 332 g/mol. The minimum Gasteiger partial charge on any atom is -0.493 e. The molecule has 0 saturated heterocycles. The first-order valence-electron chi connectivity index (χ1n) is 6.67. The topological polar surface area (TPSA) is 122 Å². The van der Waals surface area contributed by atoms with Crippen LogP contribution >= 0.6 is 0 Å². The number of esters is 1. The van der Waals surface area contributed by atoms with Crippen LogP contribution in [0.2, 0.25) is 0 Å². The van der Waals surface area contributed by atoms with Gasteiger partial charge in [0, 0.05) is 18.2 Å². The van der Waals surface area contributed by atoms with Crippen LogP contribution < -0.4 is 9.47 Å². The molecule has 0 amide bonds. The third-order valence-electron chi connectivity index (χ3n) is 3.08. The van der Waals surface area contributed by atoms with Crippen LogP contribution in [0.5, 0.6) is 11.5 Å². The summed E-state index contributed by atoms with van der Waals surface area (Å²) in [4.78, 5) is 32.1. The summed E-state index contributed by atoms with van der Waals surface area (Å²) in [6.45, 7) is 0. The third kappa shape index (κ3) is 4.03. The molecule has 2 aromatic carbocycles. The standard InChI is InChI=1S/C15H12N2O7/c1-23-14-9-12(17(21)22)6-7-13(14)24-15(18)8-10-2-4-11(5-3-10)16(19)20/h2-7,9H,8H2,1H3. The number of hydrogen-bond acceptors (Lipinski definition) is 7. The summed E-state index contributed by atoms with van der Waals surface area (Å²) in [5.41, 5.74) is 0.262. The van der Waals surface area contributed by atoms with Gasteiger partial charge < -0.3 is 9.47 Å². The van der Waals surface area contributed by atoms with Crippen LogP contribution in [-0.4, -0.2) is 22.9 Å². The maximum Gasteiger partial charge on any atom is 0.315 e. The molecule has 0 spiro atoms. The molecule has 2 rings (SSSR count). The van der Waals surface area contributed by atoms with Crippen LogP contribution in [0.3, 0.4) is 0 Å². The van der Waals surface area contributed by atoms with Crippen molar-refractivity contribution in [3.05, 3.63) is 68.3 Å². The van der Waals surface area contributed by atoms with Crippen molar-refractivity contribution < 1.29 is 24.1 Å². The Bertz CT molecular complexity index is 787. The Kier molecular flexibility index (Phi) is 5.05. The fraction of sp³-hybridized carbons (Fsp3) is 0.133. The van der Waals surface area contributed by atoms with E-state index in [4.69, 9.17) is 9.47 Å². The van der Waals surface area contributed by atoms with Crippen molar-refractivity contribution in [2.75, 3.05) is 7.11 Å². The largest absolute Gasteiger partial charge is 0.493 e. The van der Waals surface area contributed by atoms with Gasteiger partial charge in [-0.1, -0.05) is 12.1 Å². The van der Waals surface area contributed by atoms with Gasteiger partial charge >= 0.3 is 5.97 Å². The van der Waals surface area contributed by atoms with Gasteiger partial charge in [0.2, 0.25) is 0 Å². The number of nitro groups is 2. The number of rotatable bonds is 6. The molecular formula is C15H12N2O7. The predicted octanol–water partition coefficient (Wildman–Crippen LogP) is 2.66. The van der Waals surface area contributed by atoms with Gasteiger partial charge in [-0.25, -0.2) is 0 Å². The zero-order valence-electron chi connectivity index (χ0n) is 12.5. The highest BCUT2D eigenvalue weighted by Gasteiger charge is 2.16. The Balaban J connectivity index is 2.09. The number of nitro benzene ring substituents is 2. The van der Waals surface area contributed by atoms with Gasteiger partial charge in [-0.3, -0.25) is 25.0 Å². The van der Waals surface area contributed by atoms with E-state index in [9.17, 15) is 25.0 Å². The van der Waals surface area contributed by atoms with Crippen molar-refractivity contribution in [3.63, 3.8) is 0 Å². The molecule has 0 unspecified atom stereocenters. The second-order valence-electron chi connectivity index (χ2n) is 4.67. The molecular weight excluding hydrogens is 320 g/mol. The lowest BCUT2D eigenvalue weighted by Crippen LogP contribution is -2.12. The second-order valence-corrected chi connectivity index (χ2v) is 4.67. The van der Waals surface area contributed by atoms with Crippen LogP contribution in [0.4, 0.5) is 11.4 Å². The normalized spacial score (nSPS) is 10.0. The lowest BCUT2D eigenvalue weighted by Gasteiger charge is -2.09. The molecule has 0 saturated carbocycles. The summed E-state index contributed by atoms with van der Waals surface area (Å²) in [5, 5.41) is 21.3. The summed E-state index contributed by atoms with van der Waals surface area (Å²) >= 11 is 0. The maximum atomic E-state index is 11.9. The fourth-order valence-electron chi connectivity index (χ4n) is 1.92. The van der Waals surface area contributed by atoms with Crippen molar-refractivity contribution >= 4 is 17.3 Å². The first-order valence-corrected chi connectivity index (χ1v) is 6.67. The van der Waals surface area contributed by atoms with E-state index in [1.165, 1.54) is 43.5 Å². The number of hydrogen-bond donors (Lipinski definition) is 0. The Hall–Kier alpha value is -3.49. The van der Waals surface area contributed by atoms with Gasteiger partial charge in [0.1, 0.15) is 0 Å². The predicted molar refractivity (Wildman–Crippen MR) is 82.1 cm³/mol. The lowest BCUT2D eigenvalue weighted by molar-refractivity contribution is -0.385. The average Bonchev–Trinajstić information content (AvgIpc) is 2.55. The van der Waals surface area contributed by atoms with Crippen LogP contribution in [-0.2, 0) is 11.2 Å². The molecule has 0 atom stereocenters. The highest BCUT2D eigenvalue weighted by atomic mass is 16.6. The fourth-order valence-corrected chi connectivity index (χ4v) is 1.92. The molecule has 0 aliphatic heterocycles. The first-order chi connectivity index (χ1) is 11.4. The van der Waals surface area contributed by atoms with Gasteiger partial charge in [-0.15, -0.1) is 0 Å². The highest BCUT2D eigenvalue weighted by molar-refractivity contribution is 5.76. The van der Waals surface area contributed by atoms with Crippen molar-refractivity contribution in [3.8, 4) is 11.5 Å². The van der Waals surface area contributed by atoms with Gasteiger partial charge in [-0.05, 0) is 11.6 Å². The Morgan fingerprint density at radius 3 is 2.08 bits per heavy atom. The van der Waals surface area contributed by atoms with Crippen LogP contribution in [0.25, 0.3) is 0 Å². The number of non-ortho nitro benzene ring substituents is 2. The van der Waals surface area contributed by atoms with E-state index in [0.717, 1.165) is 6.07 Å². The smallest absolute Gasteiger partial charge is 0.315 e. The SMILES string of the molecule is COc1cc([N+](=O)[O-])ccc1OC(=O)Cc1ccc([N+](=O)[O-])cc1. The summed E-state index contributed by atoms with van der Waals surface area (Å²) in [6.07, 6.45) is -0.113. The molecule has 2 aromatic rings. The van der Waals surface area contributed by atoms with E-state index in [-0.39, 0.29) is 29.3 Å². The first kappa shape index (κ1) is 16.9. The van der Waals surface area contributed by atoms with Crippen molar-refractivity contribution in [2.45, 2.75) is 6.42 Å². The molecule has 124 valence electrons. The molecule has 9 nitrogen and oxygen atoms in total. The zero-order valence-corrected chi connectivity index (χ0v) is 12.5. The van der Waals surface area contributed by atoms with Gasteiger partial charge in [0.05, 0.1) is 29.4 Å². The number of carbonyl (C=O) groups is 1. The molecule has 9 heteroatoms. The summed E-state index contributed by atoms with van der Waals surface area (Å²) in [7, 11) is 1.30. The zero-order chi connectivity index (χ0) is 17.7. The van der Waals surface area contributed by atoms with Gasteiger partial charge in [0.15, 0.2) is 11.5 Å². The molecule has 0 N–H and O–H groups in total. The van der Waals surface area contributed by atoms with Gasteiger partial charge in [0.25, 0.3) is 11.4 Å². The summed E-state index contributed by atoms with van der Waals surface area (Å²) in [6, 6.07) is 9.08. The number of carbonyl (C=O) groups excluding carboxylic acids is 1. The van der Waals surface area contributed by atoms with E-state index in [1.54, 1.807) is 0 Å². The molecule has 0 bridgehead atoms. The van der Waals surface area contributed by atoms with Gasteiger partial charge in [-0.2, -0.15) is 0 Å². The molecule has 0 radical (unpaired) electrons. The van der Waals surface area contributed by atoms with Crippen LogP contribution in [0.1, 0.15) is 5.56 Å². The molecule has 0 aromatic heterocycles. The van der Waals surface area contributed by atoms with E-state index >= 15 is 0 Å². The lowest BCUT2D eigenvalue weighted by atomic mass is 10.1.